The largest absolute Gasteiger partial charge is 0.493 e. The minimum Gasteiger partial charge on any atom is -0.493 e. The van der Waals surface area contributed by atoms with Crippen LogP contribution >= 0.6 is 0 Å². The molecule has 0 aromatic heterocycles. The highest BCUT2D eigenvalue weighted by Gasteiger charge is 2.24. The molecule has 3 rings (SSSR count). The van der Waals surface area contributed by atoms with Gasteiger partial charge in [-0.15, -0.1) is 0 Å². The number of unbranched alkanes of at least 4 members (excludes halogenated alkanes) is 1. The summed E-state index contributed by atoms with van der Waals surface area (Å²) in [6, 6.07) is 10.8. The Balaban J connectivity index is 1.75. The first-order valence-corrected chi connectivity index (χ1v) is 9.98. The molecule has 2 aromatic carbocycles. The minimum atomic E-state index is -0.145. The highest BCUT2D eigenvalue weighted by molar-refractivity contribution is 5.99. The van der Waals surface area contributed by atoms with Crippen molar-refractivity contribution in [3.8, 4) is 11.5 Å². The van der Waals surface area contributed by atoms with Gasteiger partial charge in [0.1, 0.15) is 0 Å². The van der Waals surface area contributed by atoms with Crippen molar-refractivity contribution in [2.75, 3.05) is 27.3 Å². The van der Waals surface area contributed by atoms with Crippen LogP contribution in [0, 0.1) is 0 Å². The van der Waals surface area contributed by atoms with Gasteiger partial charge in [-0.25, -0.2) is 0 Å². The highest BCUT2D eigenvalue weighted by atomic mass is 16.5. The van der Waals surface area contributed by atoms with Crippen LogP contribution in [0.15, 0.2) is 36.4 Å². The highest BCUT2D eigenvalue weighted by Crippen LogP contribution is 2.33. The molecule has 0 spiro atoms. The molecule has 0 saturated carbocycles. The Morgan fingerprint density at radius 3 is 2.41 bits per heavy atom. The number of carbonyl (C=O) groups excluding carboxylic acids is 2. The molecule has 0 aliphatic carbocycles. The van der Waals surface area contributed by atoms with Crippen molar-refractivity contribution < 1.29 is 19.1 Å². The molecule has 0 atom stereocenters. The minimum absolute atomic E-state index is 0.0753. The molecular weight excluding hydrogens is 368 g/mol. The third kappa shape index (κ3) is 4.70. The molecule has 6 heteroatoms. The lowest BCUT2D eigenvalue weighted by atomic mass is 9.98. The molecule has 0 unspecified atom stereocenters. The topological polar surface area (TPSA) is 67.9 Å². The fourth-order valence-corrected chi connectivity index (χ4v) is 3.51. The standard InChI is InChI=1S/C23H28N2O4/c1-4-5-10-24-22(26)17-7-6-8-18(12-17)23(27)25-11-9-16-13-20(28-2)21(29-3)14-19(16)15-25/h6-8,12-14H,4-5,9-11,15H2,1-3H3,(H,24,26). The Morgan fingerprint density at radius 1 is 1.03 bits per heavy atom. The molecule has 2 aromatic rings. The molecule has 0 fully saturated rings. The van der Waals surface area contributed by atoms with E-state index >= 15 is 0 Å². The van der Waals surface area contributed by atoms with E-state index in [0.717, 1.165) is 30.4 Å². The average molecular weight is 396 g/mol. The van der Waals surface area contributed by atoms with Crippen molar-refractivity contribution in [2.45, 2.75) is 32.7 Å². The van der Waals surface area contributed by atoms with Gasteiger partial charge in [0.05, 0.1) is 14.2 Å². The Labute approximate surface area is 171 Å². The molecule has 29 heavy (non-hydrogen) atoms. The fraction of sp³-hybridized carbons (Fsp3) is 0.391. The first-order chi connectivity index (χ1) is 14.1. The van der Waals surface area contributed by atoms with E-state index in [0.29, 0.717) is 42.3 Å². The third-order valence-electron chi connectivity index (χ3n) is 5.19. The number of nitrogens with one attached hydrogen (secondary N) is 1. The lowest BCUT2D eigenvalue weighted by Gasteiger charge is -2.29. The van der Waals surface area contributed by atoms with Crippen LogP contribution in [0.3, 0.4) is 0 Å². The number of nitrogens with zero attached hydrogens (tertiary/aromatic N) is 1. The second kappa shape index (κ2) is 9.45. The van der Waals surface area contributed by atoms with E-state index < -0.39 is 0 Å². The van der Waals surface area contributed by atoms with Crippen molar-refractivity contribution in [1.29, 1.82) is 0 Å². The molecule has 1 aliphatic rings. The maximum absolute atomic E-state index is 13.1. The fourth-order valence-electron chi connectivity index (χ4n) is 3.51. The van der Waals surface area contributed by atoms with E-state index in [-0.39, 0.29) is 11.8 Å². The number of hydrogen-bond acceptors (Lipinski definition) is 4. The van der Waals surface area contributed by atoms with Gasteiger partial charge in [0.25, 0.3) is 11.8 Å². The van der Waals surface area contributed by atoms with Crippen molar-refractivity contribution >= 4 is 11.8 Å². The number of rotatable bonds is 7. The monoisotopic (exact) mass is 396 g/mol. The van der Waals surface area contributed by atoms with E-state index in [2.05, 4.69) is 12.2 Å². The summed E-state index contributed by atoms with van der Waals surface area (Å²) >= 11 is 0. The number of hydrogen-bond donors (Lipinski definition) is 1. The molecule has 6 nitrogen and oxygen atoms in total. The molecule has 0 radical (unpaired) electrons. The molecule has 2 amide bonds. The van der Waals surface area contributed by atoms with Crippen molar-refractivity contribution in [3.05, 3.63) is 58.7 Å². The number of carbonyl (C=O) groups is 2. The smallest absolute Gasteiger partial charge is 0.254 e. The van der Waals surface area contributed by atoms with Gasteiger partial charge in [-0.3, -0.25) is 9.59 Å². The molecule has 154 valence electrons. The van der Waals surface area contributed by atoms with E-state index in [1.165, 1.54) is 0 Å². The molecule has 1 aliphatic heterocycles. The summed E-state index contributed by atoms with van der Waals surface area (Å²) in [6.07, 6.45) is 2.70. The van der Waals surface area contributed by atoms with Crippen molar-refractivity contribution in [2.24, 2.45) is 0 Å². The third-order valence-corrected chi connectivity index (χ3v) is 5.19. The van der Waals surface area contributed by atoms with E-state index in [1.54, 1.807) is 38.5 Å². The van der Waals surface area contributed by atoms with E-state index in [4.69, 9.17) is 9.47 Å². The lowest BCUT2D eigenvalue weighted by molar-refractivity contribution is 0.0734. The molecule has 1 N–H and O–H groups in total. The number of fused-ring (bicyclic) bond motifs is 1. The summed E-state index contributed by atoms with van der Waals surface area (Å²) in [5, 5.41) is 2.89. The predicted molar refractivity (Wildman–Crippen MR) is 112 cm³/mol. The van der Waals surface area contributed by atoms with Crippen molar-refractivity contribution in [1.82, 2.24) is 10.2 Å². The van der Waals surface area contributed by atoms with Crippen LogP contribution in [0.5, 0.6) is 11.5 Å². The summed E-state index contributed by atoms with van der Waals surface area (Å²) in [5.41, 5.74) is 3.25. The molecule has 0 saturated heterocycles. The number of methoxy groups -OCH3 is 2. The van der Waals surface area contributed by atoms with Crippen LogP contribution < -0.4 is 14.8 Å². The number of benzene rings is 2. The average Bonchev–Trinajstić information content (AvgIpc) is 2.77. The molecular formula is C23H28N2O4. The first kappa shape index (κ1) is 20.7. The predicted octanol–water partition coefficient (Wildman–Crippen LogP) is 3.43. The van der Waals surface area contributed by atoms with Gasteiger partial charge in [0, 0.05) is 30.8 Å². The summed E-state index contributed by atoms with van der Waals surface area (Å²) < 4.78 is 10.8. The SMILES string of the molecule is CCCCNC(=O)c1cccc(C(=O)N2CCc3cc(OC)c(OC)cc3C2)c1. The molecule has 1 heterocycles. The van der Waals surface area contributed by atoms with Gasteiger partial charge in [-0.2, -0.15) is 0 Å². The van der Waals surface area contributed by atoms with Crippen LogP contribution in [0.25, 0.3) is 0 Å². The van der Waals surface area contributed by atoms with Crippen molar-refractivity contribution in [3.63, 3.8) is 0 Å². The van der Waals surface area contributed by atoms with Crippen LogP contribution in [0.1, 0.15) is 51.6 Å². The van der Waals surface area contributed by atoms with Crippen LogP contribution in [0.4, 0.5) is 0 Å². The summed E-state index contributed by atoms with van der Waals surface area (Å²) in [7, 11) is 3.22. The molecule has 0 bridgehead atoms. The maximum atomic E-state index is 13.1. The van der Waals surface area contributed by atoms with Gasteiger partial charge < -0.3 is 19.7 Å². The van der Waals surface area contributed by atoms with Crippen LogP contribution in [-0.4, -0.2) is 44.0 Å². The number of ether oxygens (including phenoxy) is 2. The Morgan fingerprint density at radius 2 is 1.72 bits per heavy atom. The Bertz CT molecular complexity index is 894. The van der Waals surface area contributed by atoms with E-state index in [1.807, 2.05) is 17.0 Å². The quantitative estimate of drug-likeness (QED) is 0.728. The lowest BCUT2D eigenvalue weighted by Crippen LogP contribution is -2.36. The van der Waals surface area contributed by atoms with Gasteiger partial charge in [0.15, 0.2) is 11.5 Å². The Hall–Kier alpha value is -3.02. The van der Waals surface area contributed by atoms with Gasteiger partial charge in [-0.1, -0.05) is 19.4 Å². The van der Waals surface area contributed by atoms with E-state index in [9.17, 15) is 9.59 Å². The summed E-state index contributed by atoms with van der Waals surface area (Å²) in [5.74, 6) is 1.14. The maximum Gasteiger partial charge on any atom is 0.254 e. The van der Waals surface area contributed by atoms with Gasteiger partial charge >= 0.3 is 0 Å². The zero-order chi connectivity index (χ0) is 20.8. The second-order valence-corrected chi connectivity index (χ2v) is 7.14. The van der Waals surface area contributed by atoms with Gasteiger partial charge in [-0.05, 0) is 54.3 Å². The number of amides is 2. The zero-order valence-electron chi connectivity index (χ0n) is 17.3. The van der Waals surface area contributed by atoms with Crippen LogP contribution in [-0.2, 0) is 13.0 Å². The first-order valence-electron chi connectivity index (χ1n) is 9.98. The van der Waals surface area contributed by atoms with Crippen LogP contribution in [0.2, 0.25) is 0 Å². The van der Waals surface area contributed by atoms with Gasteiger partial charge in [0.2, 0.25) is 0 Å². The zero-order valence-corrected chi connectivity index (χ0v) is 17.3. The summed E-state index contributed by atoms with van der Waals surface area (Å²) in [6.45, 7) is 3.84. The normalized spacial score (nSPS) is 12.9. The second-order valence-electron chi connectivity index (χ2n) is 7.14. The summed E-state index contributed by atoms with van der Waals surface area (Å²) in [4.78, 5) is 27.2. The Kier molecular flexibility index (Phi) is 6.75.